The van der Waals surface area contributed by atoms with E-state index >= 15 is 0 Å². The number of nitrogens with zero attached hydrogens (tertiary/aromatic N) is 1. The van der Waals surface area contributed by atoms with Crippen molar-refractivity contribution in [1.82, 2.24) is 5.32 Å². The van der Waals surface area contributed by atoms with Crippen LogP contribution in [0.15, 0.2) is 17.6 Å². The van der Waals surface area contributed by atoms with E-state index in [1.807, 2.05) is 19.3 Å². The number of hydrogen-bond acceptors (Lipinski definition) is 2. The number of allylic oxidation sites excluding steroid dienone is 1. The third-order valence-corrected chi connectivity index (χ3v) is 0.651. The first kappa shape index (κ1) is 7.37. The maximum absolute atomic E-state index is 3.97. The predicted octanol–water partition coefficient (Wildman–Crippen LogP) is 0.810. The van der Waals surface area contributed by atoms with Gasteiger partial charge in [0.25, 0.3) is 0 Å². The van der Waals surface area contributed by atoms with E-state index in [2.05, 4.69) is 16.9 Å². The summed E-state index contributed by atoms with van der Waals surface area (Å²) in [5.74, 6) is 0. The highest BCUT2D eigenvalue weighted by Crippen LogP contribution is 1.71. The van der Waals surface area contributed by atoms with Crippen LogP contribution < -0.4 is 5.32 Å². The van der Waals surface area contributed by atoms with Gasteiger partial charge >= 0.3 is 0 Å². The molecule has 0 saturated heterocycles. The molecule has 0 aromatic carbocycles. The van der Waals surface area contributed by atoms with Crippen molar-refractivity contribution in [2.24, 2.45) is 4.99 Å². The third kappa shape index (κ3) is 5.37. The van der Waals surface area contributed by atoms with Crippen LogP contribution in [0.3, 0.4) is 0 Å². The van der Waals surface area contributed by atoms with E-state index in [9.17, 15) is 0 Å². The molecule has 0 aliphatic rings. The summed E-state index contributed by atoms with van der Waals surface area (Å²) in [6.45, 7) is 4.25. The first-order valence-electron chi connectivity index (χ1n) is 2.65. The van der Waals surface area contributed by atoms with Crippen LogP contribution in [0.2, 0.25) is 0 Å². The minimum absolute atomic E-state index is 0.702. The van der Waals surface area contributed by atoms with Crippen LogP contribution in [0.25, 0.3) is 0 Å². The lowest BCUT2D eigenvalue weighted by Gasteiger charge is -1.85. The zero-order valence-corrected chi connectivity index (χ0v) is 5.22. The standard InChI is InChI=1S/C6H12N2/c1-3-4-5-8-6-7-2/h3,5,7H,1,4,6H2,2H3/b8-5-. The molecule has 46 valence electrons. The molecule has 8 heavy (non-hydrogen) atoms. The molecule has 0 heterocycles. The molecular weight excluding hydrogens is 100 g/mol. The molecule has 0 bridgehead atoms. The molecule has 1 N–H and O–H groups in total. The summed E-state index contributed by atoms with van der Waals surface area (Å²) >= 11 is 0. The Morgan fingerprint density at radius 2 is 2.50 bits per heavy atom. The second kappa shape index (κ2) is 6.37. The predicted molar refractivity (Wildman–Crippen MR) is 37.2 cm³/mol. The van der Waals surface area contributed by atoms with Gasteiger partial charge < -0.3 is 5.32 Å². The van der Waals surface area contributed by atoms with Gasteiger partial charge in [-0.25, -0.2) is 0 Å². The van der Waals surface area contributed by atoms with Crippen molar-refractivity contribution >= 4 is 6.21 Å². The zero-order chi connectivity index (χ0) is 6.24. The van der Waals surface area contributed by atoms with Crippen LogP contribution in [0.1, 0.15) is 6.42 Å². The Kier molecular flexibility index (Phi) is 5.87. The van der Waals surface area contributed by atoms with E-state index in [1.165, 1.54) is 0 Å². The third-order valence-electron chi connectivity index (χ3n) is 0.651. The Balaban J connectivity index is 2.94. The summed E-state index contributed by atoms with van der Waals surface area (Å²) in [7, 11) is 1.87. The zero-order valence-electron chi connectivity index (χ0n) is 5.22. The van der Waals surface area contributed by atoms with Crippen LogP contribution in [-0.4, -0.2) is 19.9 Å². The molecular formula is C6H12N2. The fraction of sp³-hybridized carbons (Fsp3) is 0.500. The summed E-state index contributed by atoms with van der Waals surface area (Å²) in [5, 5.41) is 2.89. The van der Waals surface area contributed by atoms with E-state index in [0.29, 0.717) is 6.67 Å². The van der Waals surface area contributed by atoms with Gasteiger partial charge in [-0.1, -0.05) is 6.08 Å². The van der Waals surface area contributed by atoms with Crippen molar-refractivity contribution in [3.8, 4) is 0 Å². The van der Waals surface area contributed by atoms with Crippen molar-refractivity contribution in [3.05, 3.63) is 12.7 Å². The van der Waals surface area contributed by atoms with Crippen LogP contribution in [-0.2, 0) is 0 Å². The van der Waals surface area contributed by atoms with E-state index in [1.54, 1.807) is 0 Å². The molecule has 0 amide bonds. The molecule has 2 nitrogen and oxygen atoms in total. The largest absolute Gasteiger partial charge is 0.301 e. The van der Waals surface area contributed by atoms with Crippen molar-refractivity contribution in [1.29, 1.82) is 0 Å². The lowest BCUT2D eigenvalue weighted by Crippen LogP contribution is -2.04. The number of aliphatic imine (C=N–C) groups is 1. The lowest BCUT2D eigenvalue weighted by molar-refractivity contribution is 0.836. The SMILES string of the molecule is C=CC/C=N\CNC. The van der Waals surface area contributed by atoms with Crippen molar-refractivity contribution in [3.63, 3.8) is 0 Å². The highest BCUT2D eigenvalue weighted by molar-refractivity contribution is 5.58. The van der Waals surface area contributed by atoms with Gasteiger partial charge in [0, 0.05) is 12.6 Å². The molecule has 0 spiro atoms. The first-order valence-corrected chi connectivity index (χ1v) is 2.65. The summed E-state index contributed by atoms with van der Waals surface area (Å²) in [4.78, 5) is 3.97. The molecule has 0 atom stereocenters. The minimum atomic E-state index is 0.702. The van der Waals surface area contributed by atoms with E-state index in [4.69, 9.17) is 0 Å². The van der Waals surface area contributed by atoms with E-state index in [-0.39, 0.29) is 0 Å². The van der Waals surface area contributed by atoms with Crippen LogP contribution in [0.5, 0.6) is 0 Å². The van der Waals surface area contributed by atoms with Crippen LogP contribution >= 0.6 is 0 Å². The fourth-order valence-corrected chi connectivity index (χ4v) is 0.305. The monoisotopic (exact) mass is 112 g/mol. The molecule has 0 aromatic rings. The van der Waals surface area contributed by atoms with Gasteiger partial charge in [0.1, 0.15) is 0 Å². The number of hydrogen-bond donors (Lipinski definition) is 1. The summed E-state index contributed by atoms with van der Waals surface area (Å²) < 4.78 is 0. The second-order valence-electron chi connectivity index (χ2n) is 1.40. The maximum atomic E-state index is 3.97. The Hall–Kier alpha value is -0.630. The maximum Gasteiger partial charge on any atom is 0.0878 e. The van der Waals surface area contributed by atoms with Gasteiger partial charge in [-0.3, -0.25) is 4.99 Å². The molecule has 0 unspecified atom stereocenters. The van der Waals surface area contributed by atoms with Gasteiger partial charge in [0.15, 0.2) is 0 Å². The Labute approximate surface area is 50.3 Å². The quantitative estimate of drug-likeness (QED) is 0.422. The summed E-state index contributed by atoms with van der Waals surface area (Å²) in [6, 6.07) is 0. The van der Waals surface area contributed by atoms with Gasteiger partial charge in [0.2, 0.25) is 0 Å². The Bertz CT molecular complexity index is 76.6. The normalized spacial score (nSPS) is 10.1. The average molecular weight is 112 g/mol. The van der Waals surface area contributed by atoms with Gasteiger partial charge in [0.05, 0.1) is 6.67 Å². The fourth-order valence-electron chi connectivity index (χ4n) is 0.305. The molecule has 2 heteroatoms. The highest BCUT2D eigenvalue weighted by atomic mass is 15.0. The Morgan fingerprint density at radius 1 is 1.75 bits per heavy atom. The summed E-state index contributed by atoms with van der Waals surface area (Å²) in [6.07, 6.45) is 4.52. The van der Waals surface area contributed by atoms with Gasteiger partial charge in [-0.15, -0.1) is 6.58 Å². The molecule has 0 aliphatic carbocycles. The van der Waals surface area contributed by atoms with Crippen molar-refractivity contribution in [2.75, 3.05) is 13.7 Å². The number of nitrogens with one attached hydrogen (secondary N) is 1. The van der Waals surface area contributed by atoms with Crippen molar-refractivity contribution < 1.29 is 0 Å². The first-order chi connectivity index (χ1) is 3.91. The molecule has 0 saturated carbocycles. The molecule has 0 rings (SSSR count). The Morgan fingerprint density at radius 3 is 3.00 bits per heavy atom. The minimum Gasteiger partial charge on any atom is -0.301 e. The lowest BCUT2D eigenvalue weighted by atomic mass is 10.5. The topological polar surface area (TPSA) is 24.4 Å². The van der Waals surface area contributed by atoms with Gasteiger partial charge in [-0.05, 0) is 7.05 Å². The average Bonchev–Trinajstić information content (AvgIpc) is 1.81. The highest BCUT2D eigenvalue weighted by Gasteiger charge is 1.67. The van der Waals surface area contributed by atoms with Crippen LogP contribution in [0, 0.1) is 0 Å². The van der Waals surface area contributed by atoms with Crippen molar-refractivity contribution in [2.45, 2.75) is 6.42 Å². The molecule has 0 fully saturated rings. The van der Waals surface area contributed by atoms with Crippen LogP contribution in [0.4, 0.5) is 0 Å². The molecule has 0 aromatic heterocycles. The van der Waals surface area contributed by atoms with E-state index in [0.717, 1.165) is 6.42 Å². The second-order valence-corrected chi connectivity index (χ2v) is 1.40. The summed E-state index contributed by atoms with van der Waals surface area (Å²) in [5.41, 5.74) is 0. The molecule has 0 aliphatic heterocycles. The van der Waals surface area contributed by atoms with Gasteiger partial charge in [-0.2, -0.15) is 0 Å². The molecule has 0 radical (unpaired) electrons. The van der Waals surface area contributed by atoms with E-state index < -0.39 is 0 Å². The number of rotatable bonds is 4. The smallest absolute Gasteiger partial charge is 0.0878 e.